The Balaban J connectivity index is 3.12. The van der Waals surface area contributed by atoms with Gasteiger partial charge < -0.3 is 0 Å². The van der Waals surface area contributed by atoms with Crippen LogP contribution in [0.15, 0.2) is 24.3 Å². The number of rotatable bonds is 1. The minimum atomic E-state index is -5.56. The zero-order valence-corrected chi connectivity index (χ0v) is 9.70. The van der Waals surface area contributed by atoms with Crippen molar-refractivity contribution in [1.29, 1.82) is 0 Å². The molecule has 0 saturated carbocycles. The molecule has 1 rings (SSSR count). The molecule has 0 amide bonds. The molecule has 0 saturated heterocycles. The zero-order valence-electron chi connectivity index (χ0n) is 9.70. The summed E-state index contributed by atoms with van der Waals surface area (Å²) in [7, 11) is 0. The van der Waals surface area contributed by atoms with Gasteiger partial charge in [0, 0.05) is 5.56 Å². The van der Waals surface area contributed by atoms with E-state index in [4.69, 9.17) is 0 Å². The maximum Gasteiger partial charge on any atom is 0.458 e. The molecule has 1 aromatic carbocycles. The zero-order chi connectivity index (χ0) is 13.5. The predicted molar refractivity (Wildman–Crippen MR) is 55.1 cm³/mol. The summed E-state index contributed by atoms with van der Waals surface area (Å²) in [6.45, 7) is 5.55. The summed E-state index contributed by atoms with van der Waals surface area (Å²) in [6, 6.07) is 4.26. The highest BCUT2D eigenvalue weighted by Gasteiger charge is 2.58. The van der Waals surface area contributed by atoms with Gasteiger partial charge in [-0.1, -0.05) is 45.0 Å². The maximum atomic E-state index is 13.0. The predicted octanol–water partition coefficient (Wildman–Crippen LogP) is 4.64. The third kappa shape index (κ3) is 2.76. The Morgan fingerprint density at radius 3 is 1.35 bits per heavy atom. The van der Waals surface area contributed by atoms with E-state index in [2.05, 4.69) is 0 Å². The highest BCUT2D eigenvalue weighted by molar-refractivity contribution is 5.30. The highest BCUT2D eigenvalue weighted by atomic mass is 19.4. The van der Waals surface area contributed by atoms with E-state index in [9.17, 15) is 22.0 Å². The number of hydrogen-bond donors (Lipinski definition) is 0. The quantitative estimate of drug-likeness (QED) is 0.639. The average Bonchev–Trinajstić information content (AvgIpc) is 2.15. The molecule has 0 aliphatic heterocycles. The molecule has 0 spiro atoms. The van der Waals surface area contributed by atoms with Gasteiger partial charge in [0.1, 0.15) is 0 Å². The van der Waals surface area contributed by atoms with E-state index in [0.717, 1.165) is 12.1 Å². The Bertz CT molecular complexity index is 381. The molecule has 1 aromatic rings. The summed E-state index contributed by atoms with van der Waals surface area (Å²) < 4.78 is 62.2. The molecule has 0 bridgehead atoms. The van der Waals surface area contributed by atoms with Crippen molar-refractivity contribution in [3.63, 3.8) is 0 Å². The average molecular weight is 252 g/mol. The Kier molecular flexibility index (Phi) is 3.25. The third-order valence-corrected chi connectivity index (χ3v) is 2.47. The molecule has 0 fully saturated rings. The molecule has 0 aliphatic rings. The Labute approximate surface area is 96.4 Å². The Hall–Kier alpha value is -1.13. The summed E-state index contributed by atoms with van der Waals surface area (Å²) in [5.41, 5.74) is -0.608. The first kappa shape index (κ1) is 13.9. The second kappa shape index (κ2) is 3.96. The van der Waals surface area contributed by atoms with Gasteiger partial charge in [-0.05, 0) is 11.0 Å². The van der Waals surface area contributed by atoms with Crippen LogP contribution >= 0.6 is 0 Å². The maximum absolute atomic E-state index is 13.0. The topological polar surface area (TPSA) is 0 Å². The van der Waals surface area contributed by atoms with Crippen molar-refractivity contribution in [3.05, 3.63) is 35.4 Å². The van der Waals surface area contributed by atoms with Crippen LogP contribution in [-0.2, 0) is 11.3 Å². The molecule has 0 heterocycles. The van der Waals surface area contributed by atoms with Crippen molar-refractivity contribution >= 4 is 0 Å². The SMILES string of the molecule is CC(C)(C)c1ccc(C(F)(F)C(F)(F)F)cc1. The molecule has 0 aromatic heterocycles. The lowest BCUT2D eigenvalue weighted by Gasteiger charge is -2.22. The van der Waals surface area contributed by atoms with E-state index in [0.29, 0.717) is 5.56 Å². The van der Waals surface area contributed by atoms with Crippen LogP contribution in [0.1, 0.15) is 31.9 Å². The van der Waals surface area contributed by atoms with Gasteiger partial charge in [-0.15, -0.1) is 0 Å². The Morgan fingerprint density at radius 1 is 0.706 bits per heavy atom. The summed E-state index contributed by atoms with van der Waals surface area (Å²) in [5, 5.41) is 0. The van der Waals surface area contributed by atoms with Crippen molar-refractivity contribution in [1.82, 2.24) is 0 Å². The Morgan fingerprint density at radius 2 is 1.06 bits per heavy atom. The lowest BCUT2D eigenvalue weighted by molar-refractivity contribution is -0.289. The molecular weight excluding hydrogens is 239 g/mol. The highest BCUT2D eigenvalue weighted by Crippen LogP contribution is 2.44. The van der Waals surface area contributed by atoms with Gasteiger partial charge in [-0.25, -0.2) is 0 Å². The molecule has 0 N–H and O–H groups in total. The van der Waals surface area contributed by atoms with Crippen molar-refractivity contribution in [3.8, 4) is 0 Å². The molecule has 96 valence electrons. The molecule has 0 radical (unpaired) electrons. The second-order valence-corrected chi connectivity index (χ2v) is 4.90. The van der Waals surface area contributed by atoms with Gasteiger partial charge in [-0.2, -0.15) is 22.0 Å². The lowest BCUT2D eigenvalue weighted by Crippen LogP contribution is -2.33. The first-order valence-corrected chi connectivity index (χ1v) is 5.02. The fourth-order valence-corrected chi connectivity index (χ4v) is 1.34. The molecule has 5 heteroatoms. The van der Waals surface area contributed by atoms with E-state index in [1.165, 1.54) is 12.1 Å². The van der Waals surface area contributed by atoms with Crippen molar-refractivity contribution in [2.75, 3.05) is 0 Å². The van der Waals surface area contributed by atoms with Crippen molar-refractivity contribution in [2.24, 2.45) is 0 Å². The summed E-state index contributed by atoms with van der Waals surface area (Å²) in [5.74, 6) is -4.80. The van der Waals surface area contributed by atoms with Crippen LogP contribution in [0.5, 0.6) is 0 Å². The second-order valence-electron chi connectivity index (χ2n) is 4.90. The largest absolute Gasteiger partial charge is 0.458 e. The smallest absolute Gasteiger partial charge is 0.191 e. The number of halogens is 5. The summed E-state index contributed by atoms with van der Waals surface area (Å²) in [6.07, 6.45) is -5.56. The molecule has 0 nitrogen and oxygen atoms in total. The van der Waals surface area contributed by atoms with Gasteiger partial charge in [0.2, 0.25) is 0 Å². The number of alkyl halides is 5. The minimum absolute atomic E-state index is 0.286. The van der Waals surface area contributed by atoms with Crippen LogP contribution in [0.4, 0.5) is 22.0 Å². The van der Waals surface area contributed by atoms with Crippen LogP contribution < -0.4 is 0 Å². The van der Waals surface area contributed by atoms with Crippen LogP contribution in [0, 0.1) is 0 Å². The minimum Gasteiger partial charge on any atom is -0.191 e. The molecule has 17 heavy (non-hydrogen) atoms. The molecule has 0 aliphatic carbocycles. The fraction of sp³-hybridized carbons (Fsp3) is 0.500. The van der Waals surface area contributed by atoms with Crippen LogP contribution in [0.25, 0.3) is 0 Å². The van der Waals surface area contributed by atoms with Gasteiger partial charge in [-0.3, -0.25) is 0 Å². The van der Waals surface area contributed by atoms with Crippen molar-refractivity contribution < 1.29 is 22.0 Å². The van der Waals surface area contributed by atoms with Gasteiger partial charge in [0.05, 0.1) is 0 Å². The number of benzene rings is 1. The molecular formula is C12H13F5. The van der Waals surface area contributed by atoms with E-state index in [-0.39, 0.29) is 5.41 Å². The standard InChI is InChI=1S/C12H13F5/c1-10(2,3)8-4-6-9(7-5-8)11(13,14)12(15,16)17/h4-7H,1-3H3. The van der Waals surface area contributed by atoms with Gasteiger partial charge >= 0.3 is 12.1 Å². The van der Waals surface area contributed by atoms with Crippen molar-refractivity contribution in [2.45, 2.75) is 38.3 Å². The van der Waals surface area contributed by atoms with E-state index >= 15 is 0 Å². The lowest BCUT2D eigenvalue weighted by atomic mass is 9.86. The van der Waals surface area contributed by atoms with Gasteiger partial charge in [0.15, 0.2) is 0 Å². The summed E-state index contributed by atoms with van der Waals surface area (Å²) >= 11 is 0. The van der Waals surface area contributed by atoms with E-state index < -0.39 is 17.7 Å². The summed E-state index contributed by atoms with van der Waals surface area (Å²) in [4.78, 5) is 0. The van der Waals surface area contributed by atoms with E-state index in [1.54, 1.807) is 0 Å². The molecule has 0 unspecified atom stereocenters. The molecule has 0 atom stereocenters. The fourth-order valence-electron chi connectivity index (χ4n) is 1.34. The van der Waals surface area contributed by atoms with E-state index in [1.807, 2.05) is 20.8 Å². The third-order valence-electron chi connectivity index (χ3n) is 2.47. The van der Waals surface area contributed by atoms with Crippen LogP contribution in [0.2, 0.25) is 0 Å². The normalized spacial score (nSPS) is 13.9. The van der Waals surface area contributed by atoms with Crippen LogP contribution in [0.3, 0.4) is 0 Å². The first-order valence-electron chi connectivity index (χ1n) is 5.02. The van der Waals surface area contributed by atoms with Gasteiger partial charge in [0.25, 0.3) is 0 Å². The monoisotopic (exact) mass is 252 g/mol. The number of hydrogen-bond acceptors (Lipinski definition) is 0. The first-order chi connectivity index (χ1) is 7.46. The van der Waals surface area contributed by atoms with Crippen LogP contribution in [-0.4, -0.2) is 6.18 Å².